The summed E-state index contributed by atoms with van der Waals surface area (Å²) in [5, 5.41) is 8.47. The number of hydrogen-bond donors (Lipinski definition) is 4. The minimum absolute atomic E-state index is 0. The van der Waals surface area contributed by atoms with Crippen LogP contribution in [-0.4, -0.2) is 30.0 Å². The molecule has 0 bridgehead atoms. The van der Waals surface area contributed by atoms with E-state index in [0.717, 1.165) is 72.0 Å². The van der Waals surface area contributed by atoms with Crippen molar-refractivity contribution >= 4 is 69.9 Å². The van der Waals surface area contributed by atoms with E-state index in [1.54, 1.807) is 0 Å². The Kier molecular flexibility index (Phi) is 13.1. The number of rotatable bonds is 10. The van der Waals surface area contributed by atoms with E-state index in [4.69, 9.17) is 16.5 Å². The van der Waals surface area contributed by atoms with E-state index in [-0.39, 0.29) is 24.8 Å². The highest BCUT2D eigenvalue weighted by atomic mass is 35.5. The third-order valence-corrected chi connectivity index (χ3v) is 5.25. The standard InChI is InChI=1S/C25H35N7.2ClH/c1-3-5-7-13-28-24(26)30-20-11-9-18-15-19-10-12-21(17-23(19)32-22(18)16-20)31-25(27)29-14-8-6-4-2;;/h9-12,15-17H,3-8,13-14H2,1-2H3,(H3,26,28,30)(H3,27,29,31);2*1H. The van der Waals surface area contributed by atoms with Gasteiger partial charge >= 0.3 is 0 Å². The summed E-state index contributed by atoms with van der Waals surface area (Å²) in [6.07, 6.45) is 6.77. The Morgan fingerprint density at radius 3 is 1.56 bits per heavy atom. The number of halogens is 2. The number of pyridine rings is 1. The zero-order valence-electron chi connectivity index (χ0n) is 20.0. The average Bonchev–Trinajstić information content (AvgIpc) is 2.78. The third-order valence-electron chi connectivity index (χ3n) is 5.25. The minimum atomic E-state index is 0. The first kappa shape index (κ1) is 29.3. The number of nitrogens with two attached hydrogens (primary N) is 2. The Bertz CT molecular complexity index is 1020. The van der Waals surface area contributed by atoms with Gasteiger partial charge in [-0.1, -0.05) is 51.7 Å². The Morgan fingerprint density at radius 2 is 1.15 bits per heavy atom. The highest BCUT2D eigenvalue weighted by molar-refractivity contribution is 5.99. The maximum absolute atomic E-state index is 6.03. The molecule has 0 aliphatic heterocycles. The van der Waals surface area contributed by atoms with Crippen LogP contribution in [0.5, 0.6) is 0 Å². The predicted octanol–water partition coefficient (Wildman–Crippen LogP) is 6.07. The van der Waals surface area contributed by atoms with Gasteiger partial charge in [-0.15, -0.1) is 24.8 Å². The zero-order chi connectivity index (χ0) is 22.8. The molecule has 0 aliphatic rings. The molecule has 3 rings (SSSR count). The van der Waals surface area contributed by atoms with Gasteiger partial charge < -0.3 is 22.1 Å². The first-order valence-corrected chi connectivity index (χ1v) is 11.6. The summed E-state index contributed by atoms with van der Waals surface area (Å²) < 4.78 is 0. The lowest BCUT2D eigenvalue weighted by Crippen LogP contribution is -2.22. The lowest BCUT2D eigenvalue weighted by Gasteiger charge is -2.09. The van der Waals surface area contributed by atoms with Gasteiger partial charge in [-0.25, -0.2) is 4.98 Å². The van der Waals surface area contributed by atoms with Gasteiger partial charge in [0, 0.05) is 35.2 Å². The molecule has 2 aromatic carbocycles. The number of aromatic nitrogens is 1. The van der Waals surface area contributed by atoms with Gasteiger partial charge in [-0.3, -0.25) is 9.98 Å². The Morgan fingerprint density at radius 1 is 0.706 bits per heavy atom. The van der Waals surface area contributed by atoms with Crippen LogP contribution < -0.4 is 22.1 Å². The highest BCUT2D eigenvalue weighted by Crippen LogP contribution is 2.24. The zero-order valence-corrected chi connectivity index (χ0v) is 21.6. The fraction of sp³-hybridized carbons (Fsp3) is 0.400. The predicted molar refractivity (Wildman–Crippen MR) is 153 cm³/mol. The van der Waals surface area contributed by atoms with Crippen molar-refractivity contribution in [2.75, 3.05) is 23.7 Å². The molecule has 0 aliphatic carbocycles. The van der Waals surface area contributed by atoms with Crippen molar-refractivity contribution in [1.29, 1.82) is 0 Å². The molecule has 0 unspecified atom stereocenters. The van der Waals surface area contributed by atoms with Crippen LogP contribution in [-0.2, 0) is 0 Å². The fourth-order valence-electron chi connectivity index (χ4n) is 3.48. The highest BCUT2D eigenvalue weighted by Gasteiger charge is 2.04. The van der Waals surface area contributed by atoms with E-state index in [1.807, 2.05) is 36.4 Å². The van der Waals surface area contributed by atoms with Gasteiger partial charge in [0.25, 0.3) is 0 Å². The summed E-state index contributed by atoms with van der Waals surface area (Å²) in [5.74, 6) is 0.864. The molecule has 0 saturated heterocycles. The summed E-state index contributed by atoms with van der Waals surface area (Å²) in [6.45, 7) is 5.83. The van der Waals surface area contributed by atoms with E-state index in [1.165, 1.54) is 12.8 Å². The minimum Gasteiger partial charge on any atom is -0.370 e. The quantitative estimate of drug-likeness (QED) is 0.115. The third kappa shape index (κ3) is 8.88. The molecule has 0 fully saturated rings. The van der Waals surface area contributed by atoms with Crippen LogP contribution in [0.4, 0.5) is 11.4 Å². The summed E-state index contributed by atoms with van der Waals surface area (Å²) in [5.41, 5.74) is 15.6. The van der Waals surface area contributed by atoms with Crippen LogP contribution in [0.1, 0.15) is 52.4 Å². The Hall–Kier alpha value is -2.77. The molecule has 0 amide bonds. The normalized spacial score (nSPS) is 11.7. The van der Waals surface area contributed by atoms with Crippen LogP contribution in [0.15, 0.2) is 52.4 Å². The smallest absolute Gasteiger partial charge is 0.193 e. The maximum Gasteiger partial charge on any atom is 0.193 e. The number of unbranched alkanes of at least 4 members (excludes halogenated alkanes) is 4. The van der Waals surface area contributed by atoms with Gasteiger partial charge in [0.05, 0.1) is 11.0 Å². The number of benzene rings is 2. The average molecular weight is 507 g/mol. The van der Waals surface area contributed by atoms with Gasteiger partial charge in [0.2, 0.25) is 0 Å². The second-order valence-electron chi connectivity index (χ2n) is 8.00. The summed E-state index contributed by atoms with van der Waals surface area (Å²) in [6, 6.07) is 14.2. The second kappa shape index (κ2) is 15.2. The number of nitrogens with one attached hydrogen (secondary N) is 2. The molecule has 0 atom stereocenters. The molecular formula is C25H37Cl2N7. The topological polar surface area (TPSA) is 114 Å². The molecule has 186 valence electrons. The van der Waals surface area contributed by atoms with Crippen LogP contribution >= 0.6 is 24.8 Å². The summed E-state index contributed by atoms with van der Waals surface area (Å²) >= 11 is 0. The van der Waals surface area contributed by atoms with Crippen molar-refractivity contribution in [1.82, 2.24) is 4.98 Å². The number of nitrogens with zero attached hydrogens (tertiary/aromatic N) is 3. The van der Waals surface area contributed by atoms with Crippen molar-refractivity contribution in [3.63, 3.8) is 0 Å². The largest absolute Gasteiger partial charge is 0.370 e. The van der Waals surface area contributed by atoms with E-state index in [0.29, 0.717) is 11.9 Å². The molecule has 7 nitrogen and oxygen atoms in total. The molecule has 34 heavy (non-hydrogen) atoms. The van der Waals surface area contributed by atoms with Crippen molar-refractivity contribution in [3.05, 3.63) is 42.5 Å². The lowest BCUT2D eigenvalue weighted by molar-refractivity contribution is 0.727. The van der Waals surface area contributed by atoms with E-state index in [9.17, 15) is 0 Å². The van der Waals surface area contributed by atoms with Crippen LogP contribution in [0.3, 0.4) is 0 Å². The number of anilines is 2. The van der Waals surface area contributed by atoms with Crippen molar-refractivity contribution in [3.8, 4) is 0 Å². The molecule has 3 aromatic rings. The van der Waals surface area contributed by atoms with E-state index in [2.05, 4.69) is 40.5 Å². The second-order valence-corrected chi connectivity index (χ2v) is 8.00. The molecular weight excluding hydrogens is 469 g/mol. The van der Waals surface area contributed by atoms with Crippen molar-refractivity contribution in [2.45, 2.75) is 52.4 Å². The van der Waals surface area contributed by atoms with Gasteiger partial charge in [0.1, 0.15) is 0 Å². The monoisotopic (exact) mass is 505 g/mol. The van der Waals surface area contributed by atoms with Crippen LogP contribution in [0, 0.1) is 0 Å². The summed E-state index contributed by atoms with van der Waals surface area (Å²) in [4.78, 5) is 13.6. The van der Waals surface area contributed by atoms with Crippen LogP contribution in [0.2, 0.25) is 0 Å². The van der Waals surface area contributed by atoms with Gasteiger partial charge in [-0.05, 0) is 43.2 Å². The number of guanidine groups is 2. The van der Waals surface area contributed by atoms with Crippen molar-refractivity contribution < 1.29 is 0 Å². The maximum atomic E-state index is 6.03. The van der Waals surface area contributed by atoms with Crippen molar-refractivity contribution in [2.24, 2.45) is 21.5 Å². The molecule has 9 heteroatoms. The summed E-state index contributed by atoms with van der Waals surface area (Å²) in [7, 11) is 0. The Balaban J connectivity index is 0.00000289. The first-order chi connectivity index (χ1) is 15.6. The number of hydrogen-bond acceptors (Lipinski definition) is 3. The lowest BCUT2D eigenvalue weighted by atomic mass is 10.1. The number of aliphatic imine (C=N–C) groups is 2. The Labute approximate surface area is 214 Å². The molecule has 6 N–H and O–H groups in total. The SMILES string of the molecule is CCCCCN=C(N)Nc1ccc2cc3ccc(NC(N)=NCCCCC)cc3nc2c1.Cl.Cl. The molecule has 0 spiro atoms. The first-order valence-electron chi connectivity index (χ1n) is 11.6. The van der Waals surface area contributed by atoms with Gasteiger partial charge in [-0.2, -0.15) is 0 Å². The van der Waals surface area contributed by atoms with E-state index < -0.39 is 0 Å². The van der Waals surface area contributed by atoms with Gasteiger partial charge in [0.15, 0.2) is 11.9 Å². The van der Waals surface area contributed by atoms with E-state index >= 15 is 0 Å². The fourth-order valence-corrected chi connectivity index (χ4v) is 3.48. The molecule has 0 saturated carbocycles. The molecule has 1 aromatic heterocycles. The molecule has 1 heterocycles. The van der Waals surface area contributed by atoms with Crippen LogP contribution in [0.25, 0.3) is 21.8 Å². The number of fused-ring (bicyclic) bond motifs is 2. The molecule has 0 radical (unpaired) electrons.